The standard InChI is InChI=1S/C7H11N5.HI/c8-7(12-9)11-5-6-2-1-3-10-4-6;/h1-4H,5,9H2,(H3,8,11,12);1H. The highest BCUT2D eigenvalue weighted by Crippen LogP contribution is 1.96. The van der Waals surface area contributed by atoms with Crippen molar-refractivity contribution in [1.82, 2.24) is 10.4 Å². The van der Waals surface area contributed by atoms with Crippen LogP contribution in [0.1, 0.15) is 5.56 Å². The minimum Gasteiger partial charge on any atom is -0.369 e. The summed E-state index contributed by atoms with van der Waals surface area (Å²) in [6.07, 6.45) is 3.44. The van der Waals surface area contributed by atoms with Gasteiger partial charge in [0.1, 0.15) is 0 Å². The summed E-state index contributed by atoms with van der Waals surface area (Å²) in [6, 6.07) is 3.76. The third kappa shape index (κ3) is 4.63. The van der Waals surface area contributed by atoms with Crippen LogP contribution < -0.4 is 17.0 Å². The minimum atomic E-state index is 0. The van der Waals surface area contributed by atoms with E-state index in [1.54, 1.807) is 12.4 Å². The summed E-state index contributed by atoms with van der Waals surface area (Å²) in [5, 5.41) is 0. The molecule has 0 aliphatic rings. The molecule has 1 heterocycles. The van der Waals surface area contributed by atoms with Gasteiger partial charge >= 0.3 is 0 Å². The van der Waals surface area contributed by atoms with Crippen LogP contribution in [-0.4, -0.2) is 10.9 Å². The van der Waals surface area contributed by atoms with Crippen LogP contribution in [0.2, 0.25) is 0 Å². The van der Waals surface area contributed by atoms with Gasteiger partial charge in [0, 0.05) is 12.4 Å². The summed E-state index contributed by atoms with van der Waals surface area (Å²) in [5.41, 5.74) is 8.55. The number of aromatic nitrogens is 1. The molecule has 0 bridgehead atoms. The van der Waals surface area contributed by atoms with Crippen molar-refractivity contribution in [1.29, 1.82) is 0 Å². The monoisotopic (exact) mass is 293 g/mol. The second-order valence-corrected chi connectivity index (χ2v) is 2.21. The number of aliphatic imine (C=N–C) groups is 1. The molecule has 0 atom stereocenters. The molecule has 0 aliphatic heterocycles. The van der Waals surface area contributed by atoms with E-state index in [0.29, 0.717) is 6.54 Å². The molecule has 0 amide bonds. The fourth-order valence-electron chi connectivity index (χ4n) is 0.714. The minimum absolute atomic E-state index is 0. The average molecular weight is 293 g/mol. The van der Waals surface area contributed by atoms with Gasteiger partial charge in [-0.05, 0) is 11.6 Å². The number of rotatable bonds is 2. The van der Waals surface area contributed by atoms with Gasteiger partial charge < -0.3 is 5.73 Å². The molecule has 13 heavy (non-hydrogen) atoms. The molecule has 0 radical (unpaired) electrons. The molecule has 1 aromatic rings. The van der Waals surface area contributed by atoms with Crippen LogP contribution in [0.3, 0.4) is 0 Å². The highest BCUT2D eigenvalue weighted by atomic mass is 127. The van der Waals surface area contributed by atoms with Gasteiger partial charge in [-0.2, -0.15) is 0 Å². The number of nitrogens with zero attached hydrogens (tertiary/aromatic N) is 2. The predicted octanol–water partition coefficient (Wildman–Crippen LogP) is -0.0224. The lowest BCUT2D eigenvalue weighted by atomic mass is 10.3. The Kier molecular flexibility index (Phi) is 6.15. The van der Waals surface area contributed by atoms with Gasteiger partial charge in [0.05, 0.1) is 6.54 Å². The van der Waals surface area contributed by atoms with Crippen LogP contribution in [0.15, 0.2) is 29.5 Å². The number of guanidine groups is 1. The van der Waals surface area contributed by atoms with Crippen molar-refractivity contribution in [2.24, 2.45) is 16.6 Å². The van der Waals surface area contributed by atoms with Gasteiger partial charge in [-0.15, -0.1) is 24.0 Å². The van der Waals surface area contributed by atoms with Crippen molar-refractivity contribution in [2.75, 3.05) is 0 Å². The molecule has 0 fully saturated rings. The predicted molar refractivity (Wildman–Crippen MR) is 62.3 cm³/mol. The number of nitrogens with one attached hydrogen (secondary N) is 1. The van der Waals surface area contributed by atoms with Crippen molar-refractivity contribution in [3.8, 4) is 0 Å². The summed E-state index contributed by atoms with van der Waals surface area (Å²) < 4.78 is 0. The number of hydrogen-bond donors (Lipinski definition) is 3. The Labute approximate surface area is 93.6 Å². The molecule has 5 nitrogen and oxygen atoms in total. The van der Waals surface area contributed by atoms with Gasteiger partial charge in [0.15, 0.2) is 0 Å². The number of pyridine rings is 1. The first kappa shape index (κ1) is 12.1. The Hall–Kier alpha value is -0.890. The van der Waals surface area contributed by atoms with Crippen LogP contribution >= 0.6 is 24.0 Å². The van der Waals surface area contributed by atoms with Gasteiger partial charge in [-0.25, -0.2) is 10.8 Å². The number of hydrazine groups is 1. The lowest BCUT2D eigenvalue weighted by molar-refractivity contribution is 0.953. The maximum absolute atomic E-state index is 5.31. The van der Waals surface area contributed by atoms with Crippen LogP contribution in [0.5, 0.6) is 0 Å². The average Bonchev–Trinajstić information content (AvgIpc) is 2.16. The summed E-state index contributed by atoms with van der Waals surface area (Å²) in [7, 11) is 0. The highest BCUT2D eigenvalue weighted by Gasteiger charge is 1.89. The smallest absolute Gasteiger partial charge is 0.203 e. The Morgan fingerprint density at radius 1 is 1.62 bits per heavy atom. The summed E-state index contributed by atoms with van der Waals surface area (Å²) >= 11 is 0. The SMILES string of the molecule is I.NNC(N)=NCc1cccnc1. The van der Waals surface area contributed by atoms with Gasteiger partial charge in [-0.1, -0.05) is 6.07 Å². The van der Waals surface area contributed by atoms with Gasteiger partial charge in [0.2, 0.25) is 5.96 Å². The Morgan fingerprint density at radius 2 is 2.38 bits per heavy atom. The van der Waals surface area contributed by atoms with E-state index >= 15 is 0 Å². The molecule has 0 unspecified atom stereocenters. The van der Waals surface area contributed by atoms with Crippen LogP contribution in [0, 0.1) is 0 Å². The molecular formula is C7H12IN5. The van der Waals surface area contributed by atoms with E-state index in [9.17, 15) is 0 Å². The second-order valence-electron chi connectivity index (χ2n) is 2.21. The summed E-state index contributed by atoms with van der Waals surface area (Å²) in [4.78, 5) is 7.86. The molecule has 1 rings (SSSR count). The molecule has 5 N–H and O–H groups in total. The first-order chi connectivity index (χ1) is 5.83. The normalized spacial score (nSPS) is 10.4. The Bertz CT molecular complexity index is 261. The van der Waals surface area contributed by atoms with E-state index in [0.717, 1.165) is 5.56 Å². The zero-order valence-corrected chi connectivity index (χ0v) is 9.30. The lowest BCUT2D eigenvalue weighted by Gasteiger charge is -1.97. The van der Waals surface area contributed by atoms with Crippen LogP contribution in [0.25, 0.3) is 0 Å². The topological polar surface area (TPSA) is 89.3 Å². The van der Waals surface area contributed by atoms with Crippen molar-refractivity contribution in [3.05, 3.63) is 30.1 Å². The third-order valence-corrected chi connectivity index (χ3v) is 1.30. The zero-order valence-electron chi connectivity index (χ0n) is 6.97. The van der Waals surface area contributed by atoms with E-state index in [2.05, 4.69) is 15.4 Å². The van der Waals surface area contributed by atoms with Crippen molar-refractivity contribution in [3.63, 3.8) is 0 Å². The molecule has 1 aromatic heterocycles. The Balaban J connectivity index is 0.00000144. The van der Waals surface area contributed by atoms with E-state index in [4.69, 9.17) is 11.6 Å². The van der Waals surface area contributed by atoms with Gasteiger partial charge in [-0.3, -0.25) is 10.4 Å². The largest absolute Gasteiger partial charge is 0.369 e. The van der Waals surface area contributed by atoms with Gasteiger partial charge in [0.25, 0.3) is 0 Å². The van der Waals surface area contributed by atoms with E-state index in [1.165, 1.54) is 0 Å². The Morgan fingerprint density at radius 3 is 2.92 bits per heavy atom. The summed E-state index contributed by atoms with van der Waals surface area (Å²) in [6.45, 7) is 0.490. The number of hydrogen-bond acceptors (Lipinski definition) is 3. The molecule has 0 saturated carbocycles. The van der Waals surface area contributed by atoms with Crippen molar-refractivity contribution in [2.45, 2.75) is 6.54 Å². The van der Waals surface area contributed by atoms with Crippen molar-refractivity contribution < 1.29 is 0 Å². The fourth-order valence-corrected chi connectivity index (χ4v) is 0.714. The molecule has 72 valence electrons. The number of halogens is 1. The molecule has 0 aliphatic carbocycles. The molecule has 6 heteroatoms. The first-order valence-electron chi connectivity index (χ1n) is 3.48. The number of nitrogens with two attached hydrogens (primary N) is 2. The van der Waals surface area contributed by atoms with Crippen molar-refractivity contribution >= 4 is 29.9 Å². The van der Waals surface area contributed by atoms with E-state index in [1.807, 2.05) is 12.1 Å². The molecule has 0 spiro atoms. The van der Waals surface area contributed by atoms with E-state index < -0.39 is 0 Å². The molecule has 0 saturated heterocycles. The molecular weight excluding hydrogens is 281 g/mol. The second kappa shape index (κ2) is 6.61. The third-order valence-electron chi connectivity index (χ3n) is 1.30. The molecule has 0 aromatic carbocycles. The summed E-state index contributed by atoms with van der Waals surface area (Å²) in [5.74, 6) is 5.24. The fraction of sp³-hybridized carbons (Fsp3) is 0.143. The maximum atomic E-state index is 5.31. The highest BCUT2D eigenvalue weighted by molar-refractivity contribution is 14.0. The quantitative estimate of drug-likeness (QED) is 0.235. The van der Waals surface area contributed by atoms with Crippen LogP contribution in [-0.2, 0) is 6.54 Å². The lowest BCUT2D eigenvalue weighted by Crippen LogP contribution is -2.37. The maximum Gasteiger partial charge on any atom is 0.203 e. The zero-order chi connectivity index (χ0) is 8.81. The van der Waals surface area contributed by atoms with E-state index in [-0.39, 0.29) is 29.9 Å². The first-order valence-corrected chi connectivity index (χ1v) is 3.48. The van der Waals surface area contributed by atoms with Crippen LogP contribution in [0.4, 0.5) is 0 Å².